The highest BCUT2D eigenvalue weighted by Crippen LogP contribution is 2.40. The zero-order valence-corrected chi connectivity index (χ0v) is 13.1. The van der Waals surface area contributed by atoms with Crippen LogP contribution >= 0.6 is 11.3 Å². The fraction of sp³-hybridized carbons (Fsp3) is 0.667. The van der Waals surface area contributed by atoms with Crippen molar-refractivity contribution in [3.8, 4) is 0 Å². The molecule has 1 aliphatic carbocycles. The van der Waals surface area contributed by atoms with Gasteiger partial charge in [0.15, 0.2) is 5.13 Å². The van der Waals surface area contributed by atoms with Crippen LogP contribution in [0.3, 0.4) is 0 Å². The van der Waals surface area contributed by atoms with E-state index in [-0.39, 0.29) is 17.7 Å². The van der Waals surface area contributed by atoms with E-state index in [1.807, 2.05) is 17.2 Å². The summed E-state index contributed by atoms with van der Waals surface area (Å²) in [6, 6.07) is 0. The van der Waals surface area contributed by atoms with Gasteiger partial charge in [0.05, 0.1) is 11.6 Å². The number of carbonyl (C=O) groups is 2. The van der Waals surface area contributed by atoms with Crippen molar-refractivity contribution in [2.24, 2.45) is 5.92 Å². The first-order chi connectivity index (χ1) is 10.2. The number of thiazole rings is 1. The summed E-state index contributed by atoms with van der Waals surface area (Å²) in [4.78, 5) is 30.4. The first kappa shape index (κ1) is 14.5. The summed E-state index contributed by atoms with van der Waals surface area (Å²) in [5.74, 6) is 0.639. The molecule has 2 heterocycles. The molecule has 114 valence electrons. The lowest BCUT2D eigenvalue weighted by molar-refractivity contribution is -0.134. The number of carbonyl (C=O) groups excluding carboxylic acids is 2. The summed E-state index contributed by atoms with van der Waals surface area (Å²) < 4.78 is 0. The molecule has 1 aromatic rings. The monoisotopic (exact) mass is 307 g/mol. The Bertz CT molecular complexity index is 539. The summed E-state index contributed by atoms with van der Waals surface area (Å²) in [5, 5.41) is 5.66. The van der Waals surface area contributed by atoms with Gasteiger partial charge in [-0.05, 0) is 25.7 Å². The van der Waals surface area contributed by atoms with Crippen molar-refractivity contribution in [1.82, 2.24) is 9.88 Å². The van der Waals surface area contributed by atoms with E-state index in [2.05, 4.69) is 10.3 Å². The van der Waals surface area contributed by atoms with Gasteiger partial charge in [0, 0.05) is 30.8 Å². The predicted octanol–water partition coefficient (Wildman–Crippen LogP) is 2.61. The molecule has 0 unspecified atom stereocenters. The minimum absolute atomic E-state index is 0.000278. The van der Waals surface area contributed by atoms with Gasteiger partial charge in [-0.15, -0.1) is 11.3 Å². The maximum atomic E-state index is 12.3. The second kappa shape index (κ2) is 6.13. The molecule has 1 saturated carbocycles. The molecule has 21 heavy (non-hydrogen) atoms. The van der Waals surface area contributed by atoms with E-state index in [4.69, 9.17) is 0 Å². The van der Waals surface area contributed by atoms with E-state index in [0.29, 0.717) is 24.0 Å². The molecule has 1 aromatic heterocycles. The van der Waals surface area contributed by atoms with E-state index in [9.17, 15) is 9.59 Å². The van der Waals surface area contributed by atoms with Crippen LogP contribution in [0.2, 0.25) is 0 Å². The molecule has 2 amide bonds. The number of likely N-dealkylation sites (tertiary alicyclic amines) is 1. The third kappa shape index (κ3) is 3.43. The molecule has 0 bridgehead atoms. The van der Waals surface area contributed by atoms with E-state index in [1.165, 1.54) is 24.2 Å². The van der Waals surface area contributed by atoms with E-state index in [1.54, 1.807) is 0 Å². The van der Waals surface area contributed by atoms with Crippen molar-refractivity contribution in [2.75, 3.05) is 18.4 Å². The average Bonchev–Trinajstić information content (AvgIpc) is 3.27. The molecule has 1 aliphatic heterocycles. The largest absolute Gasteiger partial charge is 0.342 e. The Morgan fingerprint density at radius 3 is 2.95 bits per heavy atom. The number of aromatic nitrogens is 1. The molecule has 5 nitrogen and oxygen atoms in total. The minimum Gasteiger partial charge on any atom is -0.342 e. The molecule has 0 radical (unpaired) electrons. The Hall–Kier alpha value is -1.43. The Labute approximate surface area is 128 Å². The highest BCUT2D eigenvalue weighted by Gasteiger charge is 2.29. The first-order valence-electron chi connectivity index (χ1n) is 7.71. The van der Waals surface area contributed by atoms with Gasteiger partial charge in [-0.2, -0.15) is 0 Å². The van der Waals surface area contributed by atoms with Gasteiger partial charge in [-0.1, -0.05) is 6.92 Å². The van der Waals surface area contributed by atoms with E-state index in [0.717, 1.165) is 25.1 Å². The molecule has 3 rings (SSSR count). The number of amides is 2. The Morgan fingerprint density at radius 2 is 2.24 bits per heavy atom. The van der Waals surface area contributed by atoms with Crippen LogP contribution in [0.25, 0.3) is 0 Å². The number of anilines is 1. The van der Waals surface area contributed by atoms with Gasteiger partial charge in [-0.25, -0.2) is 4.98 Å². The molecule has 2 fully saturated rings. The summed E-state index contributed by atoms with van der Waals surface area (Å²) in [5.41, 5.74) is 1.11. The van der Waals surface area contributed by atoms with Crippen molar-refractivity contribution in [3.63, 3.8) is 0 Å². The van der Waals surface area contributed by atoms with Crippen LogP contribution in [0.4, 0.5) is 5.13 Å². The predicted molar refractivity (Wildman–Crippen MR) is 82.3 cm³/mol. The molecule has 1 saturated heterocycles. The van der Waals surface area contributed by atoms with Gasteiger partial charge < -0.3 is 10.2 Å². The van der Waals surface area contributed by atoms with E-state index < -0.39 is 0 Å². The molecular formula is C15H21N3O2S. The molecular weight excluding hydrogens is 286 g/mol. The summed E-state index contributed by atoms with van der Waals surface area (Å²) in [6.07, 6.45) is 4.68. The number of hydrogen-bond acceptors (Lipinski definition) is 4. The van der Waals surface area contributed by atoms with Crippen molar-refractivity contribution < 1.29 is 9.59 Å². The number of piperidine rings is 1. The van der Waals surface area contributed by atoms with Gasteiger partial charge >= 0.3 is 0 Å². The number of nitrogens with one attached hydrogen (secondary N) is 1. The van der Waals surface area contributed by atoms with Crippen molar-refractivity contribution in [3.05, 3.63) is 11.1 Å². The Kier molecular flexibility index (Phi) is 4.24. The van der Waals surface area contributed by atoms with Crippen LogP contribution in [-0.4, -0.2) is 34.8 Å². The zero-order valence-electron chi connectivity index (χ0n) is 12.3. The third-order valence-electron chi connectivity index (χ3n) is 4.20. The summed E-state index contributed by atoms with van der Waals surface area (Å²) in [6.45, 7) is 3.18. The smallest absolute Gasteiger partial charge is 0.231 e. The summed E-state index contributed by atoms with van der Waals surface area (Å²) in [7, 11) is 0. The normalized spacial score (nSPS) is 22.1. The first-order valence-corrected chi connectivity index (χ1v) is 8.59. The maximum absolute atomic E-state index is 12.3. The Morgan fingerprint density at radius 1 is 1.43 bits per heavy atom. The Balaban J connectivity index is 1.57. The zero-order chi connectivity index (χ0) is 14.8. The quantitative estimate of drug-likeness (QED) is 0.930. The fourth-order valence-electron chi connectivity index (χ4n) is 2.76. The SMILES string of the molecule is CCC(=O)N1CCC[C@@H](C(=O)Nc2nc(C3CC3)cs2)C1. The minimum atomic E-state index is -0.109. The second-order valence-corrected chi connectivity index (χ2v) is 6.73. The van der Waals surface area contributed by atoms with Crippen molar-refractivity contribution in [1.29, 1.82) is 0 Å². The fourth-order valence-corrected chi connectivity index (χ4v) is 3.55. The van der Waals surface area contributed by atoms with Crippen molar-refractivity contribution >= 4 is 28.3 Å². The third-order valence-corrected chi connectivity index (χ3v) is 4.97. The van der Waals surface area contributed by atoms with Crippen LogP contribution in [-0.2, 0) is 9.59 Å². The van der Waals surface area contributed by atoms with Crippen LogP contribution in [0.1, 0.15) is 50.6 Å². The molecule has 0 spiro atoms. The van der Waals surface area contributed by atoms with E-state index >= 15 is 0 Å². The van der Waals surface area contributed by atoms with Gasteiger partial charge in [0.2, 0.25) is 11.8 Å². The number of rotatable bonds is 4. The lowest BCUT2D eigenvalue weighted by atomic mass is 9.97. The molecule has 1 N–H and O–H groups in total. The van der Waals surface area contributed by atoms with Crippen LogP contribution in [0, 0.1) is 5.92 Å². The van der Waals surface area contributed by atoms with Gasteiger partial charge in [0.1, 0.15) is 0 Å². The van der Waals surface area contributed by atoms with Crippen LogP contribution < -0.4 is 5.32 Å². The lowest BCUT2D eigenvalue weighted by Gasteiger charge is -2.31. The molecule has 1 atom stereocenters. The average molecular weight is 307 g/mol. The number of nitrogens with zero attached hydrogens (tertiary/aromatic N) is 2. The van der Waals surface area contributed by atoms with Crippen LogP contribution in [0.15, 0.2) is 5.38 Å². The maximum Gasteiger partial charge on any atom is 0.231 e. The summed E-state index contributed by atoms with van der Waals surface area (Å²) >= 11 is 1.50. The van der Waals surface area contributed by atoms with Gasteiger partial charge in [0.25, 0.3) is 0 Å². The highest BCUT2D eigenvalue weighted by molar-refractivity contribution is 7.13. The topological polar surface area (TPSA) is 62.3 Å². The molecule has 0 aromatic carbocycles. The van der Waals surface area contributed by atoms with Gasteiger partial charge in [-0.3, -0.25) is 9.59 Å². The molecule has 2 aliphatic rings. The number of hydrogen-bond donors (Lipinski definition) is 1. The lowest BCUT2D eigenvalue weighted by Crippen LogP contribution is -2.43. The standard InChI is InChI=1S/C15H21N3O2S/c1-2-13(19)18-7-3-4-11(8-18)14(20)17-15-16-12(9-21-15)10-5-6-10/h9-11H,2-8H2,1H3,(H,16,17,20)/t11-/m1/s1. The highest BCUT2D eigenvalue weighted by atomic mass is 32.1. The van der Waals surface area contributed by atoms with Crippen LogP contribution in [0.5, 0.6) is 0 Å². The van der Waals surface area contributed by atoms with Crippen molar-refractivity contribution in [2.45, 2.75) is 44.9 Å². The molecule has 6 heteroatoms. The second-order valence-electron chi connectivity index (χ2n) is 5.87.